The van der Waals surface area contributed by atoms with Gasteiger partial charge in [0.25, 0.3) is 0 Å². The zero-order valence-corrected chi connectivity index (χ0v) is 4.89. The third-order valence-electron chi connectivity index (χ3n) is 0. The molecular weight excluding hydrogens is 178 g/mol. The Morgan fingerprint density at radius 3 is 1.17 bits per heavy atom. The molecule has 0 aromatic heterocycles. The van der Waals surface area contributed by atoms with Gasteiger partial charge in [0, 0.05) is 0 Å². The van der Waals surface area contributed by atoms with Gasteiger partial charge in [-0.25, -0.2) is 0 Å². The summed E-state index contributed by atoms with van der Waals surface area (Å²) in [6.45, 7) is 0. The zero-order valence-electron chi connectivity index (χ0n) is 2.20. The first-order chi connectivity index (χ1) is 2.00. The van der Waals surface area contributed by atoms with Crippen molar-refractivity contribution in [2.45, 2.75) is 0 Å². The van der Waals surface area contributed by atoms with Crippen molar-refractivity contribution in [3.05, 3.63) is 0 Å². The molecule has 0 aromatic carbocycles. The van der Waals surface area contributed by atoms with Crippen molar-refractivity contribution in [2.75, 3.05) is 0 Å². The first-order valence-electron chi connectivity index (χ1n) is 0.783. The van der Waals surface area contributed by atoms with E-state index >= 15 is 0 Å². The van der Waals surface area contributed by atoms with Gasteiger partial charge in [0.2, 0.25) is 0 Å². The average Bonchev–Trinajstić information content (AvgIpc) is 0.722. The van der Waals surface area contributed by atoms with E-state index < -0.39 is 12.9 Å². The summed E-state index contributed by atoms with van der Waals surface area (Å²) >= 11 is -4.29. The van der Waals surface area contributed by atoms with Crippen LogP contribution in [0.5, 0.6) is 0 Å². The first-order valence-corrected chi connectivity index (χ1v) is 5.96. The van der Waals surface area contributed by atoms with Crippen molar-refractivity contribution in [1.82, 2.24) is 0 Å². The average molecular weight is 182 g/mol. The predicted molar refractivity (Wildman–Crippen MR) is 27.2 cm³/mol. The third-order valence-corrected chi connectivity index (χ3v) is 0. The van der Waals surface area contributed by atoms with Crippen LogP contribution in [0.4, 0.5) is 0 Å². The summed E-state index contributed by atoms with van der Waals surface area (Å²) in [6.07, 6.45) is 0. The minimum absolute atomic E-state index is 0. The first kappa shape index (κ1) is 10.6. The van der Waals surface area contributed by atoms with Crippen molar-refractivity contribution < 1.29 is 12.3 Å². The molecule has 0 amide bonds. The van der Waals surface area contributed by atoms with E-state index in [0.717, 1.165) is 0 Å². The van der Waals surface area contributed by atoms with Crippen LogP contribution in [0.15, 0.2) is 0 Å². The summed E-state index contributed by atoms with van der Waals surface area (Å²) in [7, 11) is 3.66. The molecule has 0 heterocycles. The summed E-state index contributed by atoms with van der Waals surface area (Å²) in [6, 6.07) is 0. The molecule has 0 aliphatic rings. The molecule has 0 spiro atoms. The van der Waals surface area contributed by atoms with Crippen LogP contribution in [-0.4, -0.2) is 54.7 Å². The molecule has 0 saturated heterocycles. The van der Waals surface area contributed by atoms with Crippen LogP contribution in [-0.2, 0) is 0 Å². The van der Waals surface area contributed by atoms with Gasteiger partial charge in [-0.15, -0.1) is 0 Å². The Hall–Kier alpha value is 1.66. The summed E-state index contributed by atoms with van der Waals surface area (Å²) in [5, 5.41) is 0. The fraction of sp³-hybridized carbons (Fsp3) is 0. The van der Waals surface area contributed by atoms with Gasteiger partial charge >= 0.3 is 65.1 Å². The van der Waals surface area contributed by atoms with Crippen molar-refractivity contribution in [3.63, 3.8) is 0 Å². The molecule has 3 N–H and O–H groups in total. The van der Waals surface area contributed by atoms with Crippen LogP contribution < -0.4 is 0 Å². The van der Waals surface area contributed by atoms with E-state index in [1.54, 1.807) is 0 Å². The van der Waals surface area contributed by atoms with E-state index in [4.69, 9.17) is 12.3 Å². The summed E-state index contributed by atoms with van der Waals surface area (Å²) in [4.78, 5) is 0. The van der Waals surface area contributed by atoms with Gasteiger partial charge in [-0.3, -0.25) is 0 Å². The third kappa shape index (κ3) is 44.6. The van der Waals surface area contributed by atoms with Gasteiger partial charge < -0.3 is 0 Å². The van der Waals surface area contributed by atoms with Crippen LogP contribution >= 0.6 is 10.4 Å². The molecule has 6 heteroatoms. The van der Waals surface area contributed by atoms with Gasteiger partial charge in [0.05, 0.1) is 0 Å². The Morgan fingerprint density at radius 1 is 1.17 bits per heavy atom. The van der Waals surface area contributed by atoms with Crippen LogP contribution in [0.2, 0.25) is 0 Å². The number of rotatable bonds is 0. The SMILES string of the molecule is O[As](O)(O)=S.[NaH]. The molecule has 0 radical (unpaired) electrons. The Morgan fingerprint density at radius 2 is 1.17 bits per heavy atom. The molecule has 0 saturated carbocycles. The van der Waals surface area contributed by atoms with E-state index in [1.807, 2.05) is 0 Å². The number of hydrogen-bond acceptors (Lipinski definition) is 1. The normalized spacial score (nSPS) is 9.83. The molecule has 6 heavy (non-hydrogen) atoms. The maximum absolute atomic E-state index is 7.62. The summed E-state index contributed by atoms with van der Waals surface area (Å²) in [5.74, 6) is 0. The van der Waals surface area contributed by atoms with E-state index in [9.17, 15) is 0 Å². The molecule has 0 fully saturated rings. The molecule has 34 valence electrons. The van der Waals surface area contributed by atoms with Crippen molar-refractivity contribution in [3.8, 4) is 0 Å². The molecule has 0 aromatic rings. The van der Waals surface area contributed by atoms with Crippen LogP contribution in [0, 0.1) is 0 Å². The molecule has 0 bridgehead atoms. The molecule has 0 unspecified atom stereocenters. The van der Waals surface area contributed by atoms with Gasteiger partial charge in [0.1, 0.15) is 0 Å². The molecule has 3 nitrogen and oxygen atoms in total. The van der Waals surface area contributed by atoms with Gasteiger partial charge in [-0.1, -0.05) is 0 Å². The van der Waals surface area contributed by atoms with E-state index in [-0.39, 0.29) is 29.6 Å². The van der Waals surface area contributed by atoms with Crippen molar-refractivity contribution >= 4 is 52.9 Å². The van der Waals surface area contributed by atoms with Crippen LogP contribution in [0.3, 0.4) is 0 Å². The molecule has 0 aliphatic heterocycles. The maximum atomic E-state index is 7.62. The molecule has 0 atom stereocenters. The monoisotopic (exact) mass is 182 g/mol. The Kier molecular flexibility index (Phi) is 6.42. The van der Waals surface area contributed by atoms with Gasteiger partial charge in [0.15, 0.2) is 0 Å². The molecule has 0 aliphatic carbocycles. The molecular formula is H4AsNaO3S. The second-order valence-corrected chi connectivity index (χ2v) is 5.21. The summed E-state index contributed by atoms with van der Waals surface area (Å²) < 4.78 is 22.9. The fourth-order valence-electron chi connectivity index (χ4n) is 0. The van der Waals surface area contributed by atoms with E-state index in [1.165, 1.54) is 0 Å². The topological polar surface area (TPSA) is 60.7 Å². The second-order valence-electron chi connectivity index (χ2n) is 0.513. The Bertz CT molecular complexity index is 56.9. The Labute approximate surface area is 64.6 Å². The van der Waals surface area contributed by atoms with Gasteiger partial charge in [-0.2, -0.15) is 0 Å². The standard InChI is InChI=1S/AsH3O3S.Na.H/c2-1(3,4)5;;/h(H3,2,3,4,5);;. The van der Waals surface area contributed by atoms with E-state index in [2.05, 4.69) is 10.4 Å². The van der Waals surface area contributed by atoms with Crippen LogP contribution in [0.25, 0.3) is 0 Å². The predicted octanol–water partition coefficient (Wildman–Crippen LogP) is -2.05. The van der Waals surface area contributed by atoms with Crippen molar-refractivity contribution in [1.29, 1.82) is 0 Å². The Balaban J connectivity index is 0. The van der Waals surface area contributed by atoms with E-state index in [0.29, 0.717) is 0 Å². The van der Waals surface area contributed by atoms with Crippen molar-refractivity contribution in [2.24, 2.45) is 0 Å². The number of hydrogen-bond donors (Lipinski definition) is 3. The van der Waals surface area contributed by atoms with Gasteiger partial charge in [-0.05, 0) is 0 Å². The minimum atomic E-state index is -4.29. The van der Waals surface area contributed by atoms with Crippen LogP contribution in [0.1, 0.15) is 0 Å². The fourth-order valence-corrected chi connectivity index (χ4v) is 0. The quantitative estimate of drug-likeness (QED) is 0.377. The second kappa shape index (κ2) is 3.63. The zero-order chi connectivity index (χ0) is 4.50. The molecule has 0 rings (SSSR count). The summed E-state index contributed by atoms with van der Waals surface area (Å²) in [5.41, 5.74) is 0.